The van der Waals surface area contributed by atoms with Gasteiger partial charge in [0.15, 0.2) is 11.4 Å². The number of hydrogen-bond donors (Lipinski definition) is 5. The van der Waals surface area contributed by atoms with E-state index in [9.17, 15) is 34.8 Å². The number of likely N-dealkylation sites (N-methyl/N-ethyl adjacent to an activating group) is 1. The predicted molar refractivity (Wildman–Crippen MR) is 120 cm³/mol. The van der Waals surface area contributed by atoms with E-state index < -0.39 is 63.6 Å². The summed E-state index contributed by atoms with van der Waals surface area (Å²) >= 11 is 0. The van der Waals surface area contributed by atoms with Crippen molar-refractivity contribution in [3.05, 3.63) is 46.2 Å². The molecule has 3 aliphatic rings. The fourth-order valence-corrected chi connectivity index (χ4v) is 5.76. The molecule has 1 aromatic rings. The monoisotopic (exact) mass is 472 g/mol. The maximum Gasteiger partial charge on any atom is 0.255 e. The average molecular weight is 472 g/mol. The Kier molecular flexibility index (Phi) is 5.39. The van der Waals surface area contributed by atoms with Crippen molar-refractivity contribution >= 4 is 23.2 Å². The van der Waals surface area contributed by atoms with E-state index in [1.54, 1.807) is 25.1 Å². The molecule has 34 heavy (non-hydrogen) atoms. The lowest BCUT2D eigenvalue weighted by Crippen LogP contribution is -2.67. The van der Waals surface area contributed by atoms with Gasteiger partial charge < -0.3 is 30.9 Å². The second kappa shape index (κ2) is 7.66. The molecule has 0 aromatic heterocycles. The van der Waals surface area contributed by atoms with Gasteiger partial charge >= 0.3 is 0 Å². The Balaban J connectivity index is 2.04. The van der Waals surface area contributed by atoms with E-state index in [-0.39, 0.29) is 29.9 Å². The van der Waals surface area contributed by atoms with Gasteiger partial charge in [0.25, 0.3) is 5.91 Å². The van der Waals surface area contributed by atoms with Crippen molar-refractivity contribution in [3.63, 3.8) is 0 Å². The molecule has 1 fully saturated rings. The number of rotatable bonds is 4. The summed E-state index contributed by atoms with van der Waals surface area (Å²) in [7, 11) is 3.06. The molecular weight excluding hydrogens is 444 g/mol. The summed E-state index contributed by atoms with van der Waals surface area (Å²) in [5.74, 6) is -6.88. The third-order valence-corrected chi connectivity index (χ3v) is 7.30. The second-order valence-corrected chi connectivity index (χ2v) is 9.37. The Hall–Kier alpha value is -3.21. The molecule has 5 atom stereocenters. The van der Waals surface area contributed by atoms with Crippen LogP contribution < -0.4 is 10.5 Å². The molecule has 1 saturated carbocycles. The van der Waals surface area contributed by atoms with E-state index in [1.807, 2.05) is 0 Å². The highest BCUT2D eigenvalue weighted by Gasteiger charge is 2.66. The number of Topliss-reactive ketones (excluding diaryl/α,β-unsaturated/α-hetero) is 2. The van der Waals surface area contributed by atoms with Crippen molar-refractivity contribution in [3.8, 4) is 5.75 Å². The van der Waals surface area contributed by atoms with Crippen LogP contribution in [0.1, 0.15) is 31.4 Å². The van der Waals surface area contributed by atoms with Gasteiger partial charge in [0.2, 0.25) is 5.78 Å². The van der Waals surface area contributed by atoms with Crippen molar-refractivity contribution in [2.24, 2.45) is 17.6 Å². The Labute approximate surface area is 195 Å². The zero-order valence-corrected chi connectivity index (χ0v) is 19.3. The minimum Gasteiger partial charge on any atom is -0.508 e. The van der Waals surface area contributed by atoms with Crippen molar-refractivity contribution in [2.75, 3.05) is 20.7 Å². The molecule has 4 rings (SSSR count). The van der Waals surface area contributed by atoms with Gasteiger partial charge in [0.1, 0.15) is 22.8 Å². The number of carbonyl (C=O) groups excluding carboxylic acids is 3. The average Bonchev–Trinajstić information content (AvgIpc) is 2.74. The van der Waals surface area contributed by atoms with Crippen molar-refractivity contribution in [1.29, 1.82) is 0 Å². The third kappa shape index (κ3) is 2.88. The Bertz CT molecular complexity index is 1180. The normalized spacial score (nSPS) is 33.0. The van der Waals surface area contributed by atoms with Crippen molar-refractivity contribution < 1.29 is 39.5 Å². The number of fused-ring (bicyclic) bond motifs is 3. The standard InChI is InChI=1S/C24H28N2O8/c1-5-34-13-8-6-7-10-14(13)18(27)15-11(23(10,2)32)9-12-17(26(3)4)19(28)16(22(25)31)21(30)24(12,33)20(15)29/h6-8,11-12,17,27,30,32-33H,5,9H2,1-4H3,(H2,25,31). The molecule has 6 N–H and O–H groups in total. The van der Waals surface area contributed by atoms with Gasteiger partial charge in [0.05, 0.1) is 23.8 Å². The number of amides is 1. The number of benzene rings is 1. The van der Waals surface area contributed by atoms with Crippen LogP contribution in [0.2, 0.25) is 0 Å². The summed E-state index contributed by atoms with van der Waals surface area (Å²) in [5.41, 5.74) is 0.174. The smallest absolute Gasteiger partial charge is 0.255 e. The molecule has 0 saturated heterocycles. The summed E-state index contributed by atoms with van der Waals surface area (Å²) in [6.45, 7) is 3.47. The number of ketones is 2. The van der Waals surface area contributed by atoms with Gasteiger partial charge in [-0.3, -0.25) is 19.3 Å². The lowest BCUT2D eigenvalue weighted by atomic mass is 9.54. The lowest BCUT2D eigenvalue weighted by molar-refractivity contribution is -0.159. The number of aliphatic hydroxyl groups excluding tert-OH is 2. The van der Waals surface area contributed by atoms with Gasteiger partial charge in [-0.25, -0.2) is 0 Å². The molecular formula is C24H28N2O8. The van der Waals surface area contributed by atoms with E-state index in [0.29, 0.717) is 5.56 Å². The van der Waals surface area contributed by atoms with E-state index in [0.717, 1.165) is 0 Å². The molecule has 1 aromatic carbocycles. The molecule has 182 valence electrons. The molecule has 1 amide bonds. The molecule has 5 unspecified atom stereocenters. The molecule has 10 heteroatoms. The predicted octanol–water partition coefficient (Wildman–Crippen LogP) is 0.322. The van der Waals surface area contributed by atoms with E-state index in [4.69, 9.17) is 10.5 Å². The second-order valence-electron chi connectivity index (χ2n) is 9.37. The topological polar surface area (TPSA) is 171 Å². The van der Waals surface area contributed by atoms with E-state index in [2.05, 4.69) is 0 Å². The van der Waals surface area contributed by atoms with Crippen molar-refractivity contribution in [2.45, 2.75) is 37.5 Å². The fourth-order valence-electron chi connectivity index (χ4n) is 5.76. The highest BCUT2D eigenvalue weighted by atomic mass is 16.5. The fraction of sp³-hybridized carbons (Fsp3) is 0.458. The van der Waals surface area contributed by atoms with Crippen LogP contribution >= 0.6 is 0 Å². The minimum atomic E-state index is -2.71. The van der Waals surface area contributed by atoms with Crippen molar-refractivity contribution in [1.82, 2.24) is 4.90 Å². The summed E-state index contributed by atoms with van der Waals surface area (Å²) in [5, 5.41) is 45.4. The number of carbonyl (C=O) groups is 3. The van der Waals surface area contributed by atoms with Crippen LogP contribution in [0.5, 0.6) is 5.75 Å². The van der Waals surface area contributed by atoms with Gasteiger partial charge in [-0.05, 0) is 46.0 Å². The molecule has 0 radical (unpaired) electrons. The number of primary amides is 1. The largest absolute Gasteiger partial charge is 0.508 e. The Morgan fingerprint density at radius 2 is 1.88 bits per heavy atom. The first kappa shape index (κ1) is 23.9. The van der Waals surface area contributed by atoms with Crippen LogP contribution in [0.15, 0.2) is 35.1 Å². The number of nitrogens with zero attached hydrogens (tertiary/aromatic N) is 1. The van der Waals surface area contributed by atoms with Gasteiger partial charge in [-0.1, -0.05) is 12.1 Å². The zero-order chi connectivity index (χ0) is 25.3. The number of aliphatic hydroxyl groups is 4. The van der Waals surface area contributed by atoms with E-state index >= 15 is 0 Å². The molecule has 0 aliphatic heterocycles. The first-order chi connectivity index (χ1) is 15.8. The van der Waals surface area contributed by atoms with Crippen LogP contribution in [0, 0.1) is 11.8 Å². The number of ether oxygens (including phenoxy) is 1. The SMILES string of the molecule is CCOc1cccc2c1C(O)=C1C(=O)C3(O)C(O)=C(C(N)=O)C(=O)C(N(C)C)C3CC1C2(C)O. The maximum absolute atomic E-state index is 13.9. The first-order valence-corrected chi connectivity index (χ1v) is 10.9. The van der Waals surface area contributed by atoms with Gasteiger partial charge in [-0.2, -0.15) is 0 Å². The van der Waals surface area contributed by atoms with Gasteiger partial charge in [-0.15, -0.1) is 0 Å². The first-order valence-electron chi connectivity index (χ1n) is 10.9. The third-order valence-electron chi connectivity index (χ3n) is 7.30. The number of hydrogen-bond acceptors (Lipinski definition) is 9. The minimum absolute atomic E-state index is 0.102. The van der Waals surface area contributed by atoms with Crippen LogP contribution in [-0.4, -0.2) is 75.1 Å². The summed E-state index contributed by atoms with van der Waals surface area (Å²) in [6.07, 6.45) is -0.155. The molecule has 10 nitrogen and oxygen atoms in total. The highest BCUT2D eigenvalue weighted by molar-refractivity contribution is 6.24. The lowest BCUT2D eigenvalue weighted by Gasteiger charge is -2.53. The summed E-state index contributed by atoms with van der Waals surface area (Å²) in [4.78, 5) is 40.4. The Morgan fingerprint density at radius 3 is 2.44 bits per heavy atom. The molecule has 3 aliphatic carbocycles. The molecule has 0 spiro atoms. The van der Waals surface area contributed by atoms with Gasteiger partial charge in [0, 0.05) is 17.4 Å². The van der Waals surface area contributed by atoms with Crippen LogP contribution in [0.3, 0.4) is 0 Å². The van der Waals surface area contributed by atoms with Crippen LogP contribution in [0.25, 0.3) is 5.76 Å². The van der Waals surface area contributed by atoms with E-state index in [1.165, 1.54) is 25.9 Å². The highest BCUT2D eigenvalue weighted by Crippen LogP contribution is 2.57. The Morgan fingerprint density at radius 1 is 1.24 bits per heavy atom. The summed E-state index contributed by atoms with van der Waals surface area (Å²) < 4.78 is 5.60. The summed E-state index contributed by atoms with van der Waals surface area (Å²) in [6, 6.07) is 3.64. The quantitative estimate of drug-likeness (QED) is 0.387. The zero-order valence-electron chi connectivity index (χ0n) is 19.3. The molecule has 0 heterocycles. The maximum atomic E-state index is 13.9. The molecule has 0 bridgehead atoms. The number of nitrogens with two attached hydrogens (primary N) is 1. The van der Waals surface area contributed by atoms with Crippen LogP contribution in [-0.2, 0) is 20.0 Å². The van der Waals surface area contributed by atoms with Crippen LogP contribution in [0.4, 0.5) is 0 Å².